The van der Waals surface area contributed by atoms with Crippen LogP contribution in [-0.2, 0) is 11.0 Å². The maximum atomic E-state index is 14.1. The molecule has 2 aliphatic rings. The van der Waals surface area contributed by atoms with Gasteiger partial charge in [-0.2, -0.15) is 18.4 Å². The number of halogens is 3. The molecule has 0 N–H and O–H groups in total. The van der Waals surface area contributed by atoms with E-state index in [1.807, 2.05) is 42.5 Å². The summed E-state index contributed by atoms with van der Waals surface area (Å²) in [6.45, 7) is 1.67. The fourth-order valence-electron chi connectivity index (χ4n) is 6.27. The van der Waals surface area contributed by atoms with Crippen LogP contribution in [0.1, 0.15) is 28.3 Å². The largest absolute Gasteiger partial charge is 0.454 e. The lowest BCUT2D eigenvalue weighted by Gasteiger charge is -2.39. The summed E-state index contributed by atoms with van der Waals surface area (Å²) in [6, 6.07) is 31.4. The highest BCUT2D eigenvalue weighted by atomic mass is 32.1. The minimum atomic E-state index is -4.67. The maximum absolute atomic E-state index is 14.1. The molecule has 252 valence electrons. The summed E-state index contributed by atoms with van der Waals surface area (Å²) >= 11 is 0.872. The third kappa shape index (κ3) is 6.53. The molecule has 0 radical (unpaired) electrons. The quantitative estimate of drug-likeness (QED) is 0.247. The van der Waals surface area contributed by atoms with Crippen LogP contribution >= 0.6 is 11.3 Å². The van der Waals surface area contributed by atoms with Crippen molar-refractivity contribution in [3.63, 3.8) is 0 Å². The molecule has 0 unspecified atom stereocenters. The number of carbonyl (C=O) groups excluding carboxylic acids is 1. The fraction of sp³-hybridized carbons (Fsp3) is 0.184. The van der Waals surface area contributed by atoms with Gasteiger partial charge in [-0.1, -0.05) is 72.8 Å². The number of carbonyl (C=O) groups is 1. The number of hydrogen-bond acceptors (Lipinski definition) is 7. The van der Waals surface area contributed by atoms with Crippen molar-refractivity contribution >= 4 is 28.9 Å². The van der Waals surface area contributed by atoms with Crippen molar-refractivity contribution in [2.24, 2.45) is 0 Å². The van der Waals surface area contributed by atoms with Crippen molar-refractivity contribution in [2.75, 3.05) is 33.0 Å². The number of nitrogens with zero attached hydrogens (tertiary/aromatic N) is 4. The Morgan fingerprint density at radius 2 is 1.50 bits per heavy atom. The normalized spacial score (nSPS) is 15.7. The number of rotatable bonds is 6. The number of aromatic nitrogens is 1. The van der Waals surface area contributed by atoms with Crippen LogP contribution in [0.3, 0.4) is 0 Å². The number of alkyl halides is 3. The van der Waals surface area contributed by atoms with Crippen molar-refractivity contribution < 1.29 is 27.4 Å². The predicted octanol–water partition coefficient (Wildman–Crippen LogP) is 5.08. The number of benzene rings is 4. The molecule has 8 nitrogen and oxygen atoms in total. The third-order valence-electron chi connectivity index (χ3n) is 8.69. The average Bonchev–Trinajstić information content (AvgIpc) is 3.73. The second-order valence-electron chi connectivity index (χ2n) is 11.8. The number of nitriles is 1. The van der Waals surface area contributed by atoms with E-state index in [9.17, 15) is 28.0 Å². The van der Waals surface area contributed by atoms with Gasteiger partial charge >= 0.3 is 6.18 Å². The van der Waals surface area contributed by atoms with Crippen molar-refractivity contribution in [3.8, 4) is 23.3 Å². The van der Waals surface area contributed by atoms with Crippen LogP contribution in [0.5, 0.6) is 11.5 Å². The first-order chi connectivity index (χ1) is 24.2. The summed E-state index contributed by atoms with van der Waals surface area (Å²) in [6.07, 6.45) is -3.13. The second-order valence-corrected chi connectivity index (χ2v) is 12.8. The highest BCUT2D eigenvalue weighted by molar-refractivity contribution is 7.07. The molecular weight excluding hydrogens is 666 g/mol. The highest BCUT2D eigenvalue weighted by Gasteiger charge is 2.32. The van der Waals surface area contributed by atoms with E-state index in [0.29, 0.717) is 43.2 Å². The molecule has 0 spiro atoms. The van der Waals surface area contributed by atoms with Crippen molar-refractivity contribution in [2.45, 2.75) is 12.2 Å². The van der Waals surface area contributed by atoms with Crippen molar-refractivity contribution in [3.05, 3.63) is 145 Å². The number of thiazole rings is 1. The fourth-order valence-corrected chi connectivity index (χ4v) is 7.37. The Labute approximate surface area is 288 Å². The van der Waals surface area contributed by atoms with Gasteiger partial charge in [0.25, 0.3) is 11.5 Å². The van der Waals surface area contributed by atoms with Gasteiger partial charge in [-0.05, 0) is 53.1 Å². The average molecular weight is 695 g/mol. The van der Waals surface area contributed by atoms with Crippen LogP contribution in [-0.4, -0.2) is 53.2 Å². The summed E-state index contributed by atoms with van der Waals surface area (Å²) in [7, 11) is 0. The zero-order valence-corrected chi connectivity index (χ0v) is 27.3. The molecule has 0 bridgehead atoms. The first kappa shape index (κ1) is 32.9. The van der Waals surface area contributed by atoms with Crippen LogP contribution in [0, 0.1) is 11.3 Å². The molecule has 4 aromatic carbocycles. The summed E-state index contributed by atoms with van der Waals surface area (Å²) in [5.74, 6) is 0.425. The molecule has 7 rings (SSSR count). The molecule has 0 aliphatic carbocycles. The van der Waals surface area contributed by atoms with Crippen molar-refractivity contribution in [1.82, 2.24) is 14.4 Å². The molecule has 3 heterocycles. The molecule has 12 heteroatoms. The van der Waals surface area contributed by atoms with E-state index in [2.05, 4.69) is 29.2 Å². The summed E-state index contributed by atoms with van der Waals surface area (Å²) in [5, 5.41) is 10.4. The van der Waals surface area contributed by atoms with Gasteiger partial charge in [0.05, 0.1) is 21.8 Å². The van der Waals surface area contributed by atoms with Gasteiger partial charge in [-0.25, -0.2) is 0 Å². The van der Waals surface area contributed by atoms with Gasteiger partial charge in [0.1, 0.15) is 10.7 Å². The zero-order valence-electron chi connectivity index (χ0n) is 26.5. The van der Waals surface area contributed by atoms with Gasteiger partial charge in [-0.3, -0.25) is 19.1 Å². The molecule has 1 fully saturated rings. The smallest absolute Gasteiger partial charge is 0.416 e. The molecular formula is C38H29F3N4O4S. The molecule has 50 heavy (non-hydrogen) atoms. The lowest BCUT2D eigenvalue weighted by Crippen LogP contribution is -2.50. The van der Waals surface area contributed by atoms with Gasteiger partial charge in [0.2, 0.25) is 6.79 Å². The summed E-state index contributed by atoms with van der Waals surface area (Å²) in [5.41, 5.74) is 0.720. The van der Waals surface area contributed by atoms with E-state index in [1.54, 1.807) is 29.2 Å². The first-order valence-corrected chi connectivity index (χ1v) is 16.6. The van der Waals surface area contributed by atoms with Crippen molar-refractivity contribution in [1.29, 1.82) is 5.26 Å². The van der Waals surface area contributed by atoms with E-state index >= 15 is 0 Å². The van der Waals surface area contributed by atoms with Crippen LogP contribution in [0.2, 0.25) is 0 Å². The van der Waals surface area contributed by atoms with E-state index in [1.165, 1.54) is 12.1 Å². The Kier molecular flexibility index (Phi) is 9.01. The van der Waals surface area contributed by atoms with E-state index in [4.69, 9.17) is 9.47 Å². The standard InChI is InChI=1S/C38H29F3N4O4S/c39-38(40,41)28-12-7-13-29(22-28)45-36(47)33(21-25-14-15-31-32(20-25)49-24-48-31)50-37(45)30(23-42)35(46)44-18-16-43(17-19-44)34(26-8-3-1-4-9-26)27-10-5-2-6-11-27/h1-15,20-22,34H,16-19,24H2/b33-21-,37-30-. The molecule has 0 atom stereocenters. The number of piperazine rings is 1. The summed E-state index contributed by atoms with van der Waals surface area (Å²) in [4.78, 5) is 31.9. The lowest BCUT2D eigenvalue weighted by molar-refractivity contribution is -0.137. The molecule has 1 amide bonds. The van der Waals surface area contributed by atoms with E-state index in [-0.39, 0.29) is 33.3 Å². The van der Waals surface area contributed by atoms with E-state index < -0.39 is 23.2 Å². The topological polar surface area (TPSA) is 87.8 Å². The zero-order chi connectivity index (χ0) is 34.8. The van der Waals surface area contributed by atoms with Crippen LogP contribution in [0.15, 0.2) is 108 Å². The Morgan fingerprint density at radius 1 is 0.840 bits per heavy atom. The molecule has 2 aliphatic heterocycles. The van der Waals surface area contributed by atoms with Gasteiger partial charge in [0.15, 0.2) is 17.1 Å². The van der Waals surface area contributed by atoms with E-state index in [0.717, 1.165) is 39.2 Å². The monoisotopic (exact) mass is 694 g/mol. The third-order valence-corrected chi connectivity index (χ3v) is 9.78. The second kappa shape index (κ2) is 13.7. The SMILES string of the molecule is N#C/C(C(=O)N1CCN(C(c2ccccc2)c2ccccc2)CC1)=c1/s/c(=C\c2ccc3c(c2)OCO3)c(=O)n1-c1cccc(C(F)(F)F)c1. The number of amides is 1. The molecule has 0 saturated carbocycles. The molecule has 1 saturated heterocycles. The Morgan fingerprint density at radius 3 is 2.14 bits per heavy atom. The first-order valence-electron chi connectivity index (χ1n) is 15.8. The maximum Gasteiger partial charge on any atom is 0.416 e. The van der Waals surface area contributed by atoms with Crippen LogP contribution < -0.4 is 24.2 Å². The van der Waals surface area contributed by atoms with Gasteiger partial charge < -0.3 is 14.4 Å². The van der Waals surface area contributed by atoms with Crippen LogP contribution in [0.4, 0.5) is 13.2 Å². The minimum absolute atomic E-state index is 0.0493. The molecule has 1 aromatic heterocycles. The number of hydrogen-bond donors (Lipinski definition) is 0. The lowest BCUT2D eigenvalue weighted by atomic mass is 9.96. The predicted molar refractivity (Wildman–Crippen MR) is 182 cm³/mol. The minimum Gasteiger partial charge on any atom is -0.454 e. The summed E-state index contributed by atoms with van der Waals surface area (Å²) < 4.78 is 53.2. The Hall–Kier alpha value is -5.64. The Balaban J connectivity index is 1.27. The molecule has 5 aromatic rings. The van der Waals surface area contributed by atoms with Gasteiger partial charge in [-0.15, -0.1) is 11.3 Å². The van der Waals surface area contributed by atoms with Crippen LogP contribution in [0.25, 0.3) is 17.3 Å². The Bertz CT molecular complexity index is 2230. The number of ether oxygens (including phenoxy) is 2. The highest BCUT2D eigenvalue weighted by Crippen LogP contribution is 2.33. The number of fused-ring (bicyclic) bond motifs is 1. The van der Waals surface area contributed by atoms with Gasteiger partial charge in [0, 0.05) is 26.2 Å².